The highest BCUT2D eigenvalue weighted by atomic mass is 79.9. The Balaban J connectivity index is 2.16. The number of aromatic nitrogens is 2. The first kappa shape index (κ1) is 10.3. The molecule has 2 aromatic rings. The number of likely N-dealkylation sites (N-methyl/N-ethyl adjacent to an activating group) is 1. The van der Waals surface area contributed by atoms with Crippen LogP contribution in [0.3, 0.4) is 0 Å². The van der Waals surface area contributed by atoms with Crippen molar-refractivity contribution in [2.75, 3.05) is 20.1 Å². The Morgan fingerprint density at radius 3 is 2.88 bits per heavy atom. The Morgan fingerprint density at radius 1 is 1.44 bits per heavy atom. The maximum absolute atomic E-state index is 4.51. The van der Waals surface area contributed by atoms with Gasteiger partial charge >= 0.3 is 0 Å². The molecule has 3 heterocycles. The summed E-state index contributed by atoms with van der Waals surface area (Å²) in [6, 6.07) is 2.59. The number of halogens is 1. The van der Waals surface area contributed by atoms with Crippen LogP contribution in [0.15, 0.2) is 22.9 Å². The van der Waals surface area contributed by atoms with E-state index in [2.05, 4.69) is 50.5 Å². The molecule has 1 aliphatic rings. The molecule has 1 saturated heterocycles. The first-order chi connectivity index (χ1) is 7.66. The number of nitrogens with zero attached hydrogens (tertiary/aromatic N) is 3. The van der Waals surface area contributed by atoms with Crippen LogP contribution in [-0.2, 0) is 0 Å². The van der Waals surface area contributed by atoms with Crippen molar-refractivity contribution in [2.24, 2.45) is 0 Å². The molecule has 16 heavy (non-hydrogen) atoms. The fourth-order valence-corrected chi connectivity index (χ4v) is 3.05. The van der Waals surface area contributed by atoms with Gasteiger partial charge in [-0.1, -0.05) is 0 Å². The summed E-state index contributed by atoms with van der Waals surface area (Å²) in [6.07, 6.45) is 4.09. The van der Waals surface area contributed by atoms with Gasteiger partial charge in [-0.05, 0) is 41.5 Å². The van der Waals surface area contributed by atoms with Gasteiger partial charge in [-0.2, -0.15) is 0 Å². The molecular formula is C12H14BrN3. The summed E-state index contributed by atoms with van der Waals surface area (Å²) in [7, 11) is 2.15. The van der Waals surface area contributed by atoms with Crippen molar-refractivity contribution in [3.05, 3.63) is 28.5 Å². The minimum absolute atomic E-state index is 0.586. The zero-order valence-corrected chi connectivity index (χ0v) is 11.0. The second-order valence-electron chi connectivity index (χ2n) is 4.59. The van der Waals surface area contributed by atoms with Crippen molar-refractivity contribution in [3.63, 3.8) is 0 Å². The van der Waals surface area contributed by atoms with Crippen LogP contribution < -0.4 is 0 Å². The lowest BCUT2D eigenvalue weighted by atomic mass is 10.1. The van der Waals surface area contributed by atoms with E-state index >= 15 is 0 Å². The number of fused-ring (bicyclic) bond motifs is 1. The quantitative estimate of drug-likeness (QED) is 0.800. The molecule has 0 atom stereocenters. The van der Waals surface area contributed by atoms with Gasteiger partial charge in [0.2, 0.25) is 0 Å². The van der Waals surface area contributed by atoms with Gasteiger partial charge in [-0.15, -0.1) is 0 Å². The van der Waals surface area contributed by atoms with Gasteiger partial charge in [0.25, 0.3) is 0 Å². The summed E-state index contributed by atoms with van der Waals surface area (Å²) in [6.45, 7) is 4.39. The minimum Gasteiger partial charge on any atom is -0.327 e. The van der Waals surface area contributed by atoms with Crippen molar-refractivity contribution in [1.29, 1.82) is 0 Å². The highest BCUT2D eigenvalue weighted by molar-refractivity contribution is 9.10. The average Bonchev–Trinajstić information content (AvgIpc) is 2.53. The summed E-state index contributed by atoms with van der Waals surface area (Å²) in [5, 5.41) is 1.25. The van der Waals surface area contributed by atoms with E-state index in [1.807, 2.05) is 12.3 Å². The molecule has 0 N–H and O–H groups in total. The second kappa shape index (κ2) is 3.57. The molecule has 0 spiro atoms. The maximum atomic E-state index is 4.51. The van der Waals surface area contributed by atoms with E-state index in [1.54, 1.807) is 0 Å². The van der Waals surface area contributed by atoms with Gasteiger partial charge in [-0.25, -0.2) is 4.98 Å². The monoisotopic (exact) mass is 279 g/mol. The summed E-state index contributed by atoms with van der Waals surface area (Å²) < 4.78 is 3.46. The fraction of sp³-hybridized carbons (Fsp3) is 0.417. The number of aryl methyl sites for hydroxylation is 1. The Labute approximate surface area is 103 Å². The van der Waals surface area contributed by atoms with Crippen LogP contribution in [0, 0.1) is 6.92 Å². The van der Waals surface area contributed by atoms with E-state index in [9.17, 15) is 0 Å². The lowest BCUT2D eigenvalue weighted by molar-refractivity contribution is 0.143. The molecule has 0 aliphatic carbocycles. The molecule has 1 fully saturated rings. The van der Waals surface area contributed by atoms with Crippen LogP contribution in [0.4, 0.5) is 0 Å². The summed E-state index contributed by atoms with van der Waals surface area (Å²) >= 11 is 3.60. The molecule has 0 bridgehead atoms. The van der Waals surface area contributed by atoms with E-state index in [0.29, 0.717) is 6.04 Å². The molecule has 3 nitrogen and oxygen atoms in total. The van der Waals surface area contributed by atoms with Gasteiger partial charge in [0.1, 0.15) is 5.65 Å². The molecule has 2 aromatic heterocycles. The molecule has 0 amide bonds. The SMILES string of the molecule is Cc1cn(C2CN(C)C2)c2nccc(Br)c12. The van der Waals surface area contributed by atoms with Crippen LogP contribution >= 0.6 is 15.9 Å². The van der Waals surface area contributed by atoms with Crippen LogP contribution in [0.5, 0.6) is 0 Å². The molecule has 0 aromatic carbocycles. The zero-order chi connectivity index (χ0) is 11.3. The fourth-order valence-electron chi connectivity index (χ4n) is 2.44. The van der Waals surface area contributed by atoms with E-state index in [-0.39, 0.29) is 0 Å². The van der Waals surface area contributed by atoms with Crippen molar-refractivity contribution < 1.29 is 0 Å². The first-order valence-electron chi connectivity index (χ1n) is 5.47. The minimum atomic E-state index is 0.586. The molecular weight excluding hydrogens is 266 g/mol. The molecule has 4 heteroatoms. The van der Waals surface area contributed by atoms with E-state index in [1.165, 1.54) is 10.9 Å². The van der Waals surface area contributed by atoms with Crippen LogP contribution in [0.2, 0.25) is 0 Å². The average molecular weight is 280 g/mol. The highest BCUT2D eigenvalue weighted by Crippen LogP contribution is 2.31. The lowest BCUT2D eigenvalue weighted by Gasteiger charge is -2.37. The van der Waals surface area contributed by atoms with Crippen molar-refractivity contribution in [1.82, 2.24) is 14.5 Å². The van der Waals surface area contributed by atoms with Gasteiger partial charge < -0.3 is 9.47 Å². The smallest absolute Gasteiger partial charge is 0.141 e. The Kier molecular flexibility index (Phi) is 2.30. The van der Waals surface area contributed by atoms with Crippen LogP contribution in [-0.4, -0.2) is 34.6 Å². The predicted octanol–water partition coefficient (Wildman–Crippen LogP) is 2.59. The molecule has 84 valence electrons. The van der Waals surface area contributed by atoms with Crippen LogP contribution in [0.25, 0.3) is 11.0 Å². The van der Waals surface area contributed by atoms with Crippen molar-refractivity contribution in [2.45, 2.75) is 13.0 Å². The van der Waals surface area contributed by atoms with Crippen LogP contribution in [0.1, 0.15) is 11.6 Å². The number of hydrogen-bond acceptors (Lipinski definition) is 2. The first-order valence-corrected chi connectivity index (χ1v) is 6.26. The van der Waals surface area contributed by atoms with E-state index in [4.69, 9.17) is 0 Å². The summed E-state index contributed by atoms with van der Waals surface area (Å²) in [5.41, 5.74) is 2.40. The summed E-state index contributed by atoms with van der Waals surface area (Å²) in [4.78, 5) is 6.83. The van der Waals surface area contributed by atoms with Gasteiger partial charge in [0.15, 0.2) is 0 Å². The third kappa shape index (κ3) is 1.40. The molecule has 1 aliphatic heterocycles. The molecule has 0 saturated carbocycles. The predicted molar refractivity (Wildman–Crippen MR) is 68.7 cm³/mol. The Morgan fingerprint density at radius 2 is 2.19 bits per heavy atom. The standard InChI is InChI=1S/C12H14BrN3/c1-8-5-16(9-6-15(2)7-9)12-11(8)10(13)3-4-14-12/h3-5,9H,6-7H2,1-2H3. The Hall–Kier alpha value is -0.870. The van der Waals surface area contributed by atoms with Crippen molar-refractivity contribution in [3.8, 4) is 0 Å². The van der Waals surface area contributed by atoms with Crippen molar-refractivity contribution >= 4 is 27.0 Å². The second-order valence-corrected chi connectivity index (χ2v) is 5.44. The van der Waals surface area contributed by atoms with E-state index in [0.717, 1.165) is 23.2 Å². The normalized spacial score (nSPS) is 17.9. The maximum Gasteiger partial charge on any atom is 0.141 e. The molecule has 0 unspecified atom stereocenters. The number of hydrogen-bond donors (Lipinski definition) is 0. The third-order valence-corrected chi connectivity index (χ3v) is 3.95. The topological polar surface area (TPSA) is 21.1 Å². The zero-order valence-electron chi connectivity index (χ0n) is 9.44. The highest BCUT2D eigenvalue weighted by Gasteiger charge is 2.26. The largest absolute Gasteiger partial charge is 0.327 e. The summed E-state index contributed by atoms with van der Waals surface area (Å²) in [5.74, 6) is 0. The molecule has 3 rings (SSSR count). The number of pyridine rings is 1. The Bertz CT molecular complexity index is 540. The van der Waals surface area contributed by atoms with Gasteiger partial charge in [-0.3, -0.25) is 0 Å². The number of rotatable bonds is 1. The third-order valence-electron chi connectivity index (χ3n) is 3.29. The number of likely N-dealkylation sites (tertiary alicyclic amines) is 1. The van der Waals surface area contributed by atoms with Gasteiger partial charge in [0.05, 0.1) is 6.04 Å². The van der Waals surface area contributed by atoms with Gasteiger partial charge in [0, 0.05) is 35.3 Å². The molecule has 0 radical (unpaired) electrons. The lowest BCUT2D eigenvalue weighted by Crippen LogP contribution is -2.44. The van der Waals surface area contributed by atoms with E-state index < -0.39 is 0 Å².